The van der Waals surface area contributed by atoms with Gasteiger partial charge in [0.2, 0.25) is 5.91 Å². The van der Waals surface area contributed by atoms with Gasteiger partial charge in [0.05, 0.1) is 11.6 Å². The summed E-state index contributed by atoms with van der Waals surface area (Å²) < 4.78 is 0. The third-order valence-electron chi connectivity index (χ3n) is 2.55. The lowest BCUT2D eigenvalue weighted by molar-refractivity contribution is -0.118. The molecule has 1 aliphatic rings. The zero-order valence-corrected chi connectivity index (χ0v) is 7.95. The number of rotatable bonds is 0. The maximum atomic E-state index is 11.4. The Labute approximate surface area is 82.6 Å². The zero-order valence-electron chi connectivity index (χ0n) is 7.95. The van der Waals surface area contributed by atoms with E-state index in [2.05, 4.69) is 6.07 Å². The van der Waals surface area contributed by atoms with Gasteiger partial charge in [0, 0.05) is 19.2 Å². The van der Waals surface area contributed by atoms with Gasteiger partial charge in [0.15, 0.2) is 0 Å². The Morgan fingerprint density at radius 1 is 1.43 bits per heavy atom. The first-order chi connectivity index (χ1) is 6.72. The molecule has 0 saturated heterocycles. The Morgan fingerprint density at radius 2 is 2.21 bits per heavy atom. The van der Waals surface area contributed by atoms with Gasteiger partial charge < -0.3 is 4.90 Å². The van der Waals surface area contributed by atoms with Gasteiger partial charge >= 0.3 is 0 Å². The van der Waals surface area contributed by atoms with Crippen LogP contribution in [-0.4, -0.2) is 13.0 Å². The molecular weight excluding hydrogens is 176 g/mol. The second-order valence-electron chi connectivity index (χ2n) is 3.41. The van der Waals surface area contributed by atoms with Crippen molar-refractivity contribution in [3.05, 3.63) is 29.3 Å². The number of hydrogen-bond donors (Lipinski definition) is 0. The largest absolute Gasteiger partial charge is 0.315 e. The number of benzene rings is 1. The van der Waals surface area contributed by atoms with Crippen LogP contribution in [0.5, 0.6) is 0 Å². The van der Waals surface area contributed by atoms with Crippen LogP contribution in [0.1, 0.15) is 17.5 Å². The van der Waals surface area contributed by atoms with Crippen molar-refractivity contribution in [3.63, 3.8) is 0 Å². The average Bonchev–Trinajstić information content (AvgIpc) is 2.23. The van der Waals surface area contributed by atoms with Crippen LogP contribution < -0.4 is 4.90 Å². The molecule has 0 N–H and O–H groups in total. The Morgan fingerprint density at radius 3 is 2.93 bits per heavy atom. The van der Waals surface area contributed by atoms with Gasteiger partial charge in [-0.2, -0.15) is 5.26 Å². The summed E-state index contributed by atoms with van der Waals surface area (Å²) >= 11 is 0. The topological polar surface area (TPSA) is 44.1 Å². The predicted molar refractivity (Wildman–Crippen MR) is 52.9 cm³/mol. The lowest BCUT2D eigenvalue weighted by Gasteiger charge is -2.25. The number of carbonyl (C=O) groups excluding carboxylic acids is 1. The van der Waals surface area contributed by atoms with Crippen LogP contribution in [-0.2, 0) is 11.2 Å². The number of aryl methyl sites for hydroxylation is 1. The van der Waals surface area contributed by atoms with Crippen LogP contribution in [0.2, 0.25) is 0 Å². The highest BCUT2D eigenvalue weighted by atomic mass is 16.2. The van der Waals surface area contributed by atoms with Crippen molar-refractivity contribution in [3.8, 4) is 6.07 Å². The van der Waals surface area contributed by atoms with Crippen LogP contribution in [0.4, 0.5) is 5.69 Å². The van der Waals surface area contributed by atoms with Crippen LogP contribution in [0, 0.1) is 11.3 Å². The second-order valence-corrected chi connectivity index (χ2v) is 3.41. The summed E-state index contributed by atoms with van der Waals surface area (Å²) in [6, 6.07) is 7.54. The van der Waals surface area contributed by atoms with Crippen molar-refractivity contribution >= 4 is 11.6 Å². The number of nitrogens with zero attached hydrogens (tertiary/aromatic N) is 2. The van der Waals surface area contributed by atoms with Crippen LogP contribution in [0.15, 0.2) is 18.2 Å². The molecule has 0 bridgehead atoms. The van der Waals surface area contributed by atoms with Crippen LogP contribution in [0.3, 0.4) is 0 Å². The molecule has 0 radical (unpaired) electrons. The van der Waals surface area contributed by atoms with E-state index in [0.717, 1.165) is 17.7 Å². The molecule has 70 valence electrons. The van der Waals surface area contributed by atoms with Gasteiger partial charge in [-0.25, -0.2) is 0 Å². The van der Waals surface area contributed by atoms with Gasteiger partial charge in [-0.1, -0.05) is 0 Å². The second kappa shape index (κ2) is 3.15. The van der Waals surface area contributed by atoms with Crippen LogP contribution >= 0.6 is 0 Å². The quantitative estimate of drug-likeness (QED) is 0.615. The molecule has 0 aromatic heterocycles. The molecule has 0 spiro atoms. The standard InChI is InChI=1S/C11H10N2O/c1-13-10-4-2-8(7-12)6-9(10)3-5-11(13)14/h2,4,6H,3,5H2,1H3. The van der Waals surface area contributed by atoms with E-state index >= 15 is 0 Å². The number of fused-ring (bicyclic) bond motifs is 1. The van der Waals surface area contributed by atoms with E-state index in [1.807, 2.05) is 12.1 Å². The third kappa shape index (κ3) is 1.25. The minimum atomic E-state index is 0.141. The number of carbonyl (C=O) groups is 1. The first-order valence-corrected chi connectivity index (χ1v) is 4.52. The summed E-state index contributed by atoms with van der Waals surface area (Å²) in [6.45, 7) is 0. The van der Waals surface area contributed by atoms with Gasteiger partial charge in [0.1, 0.15) is 0 Å². The number of anilines is 1. The zero-order chi connectivity index (χ0) is 10.1. The van der Waals surface area contributed by atoms with E-state index in [1.165, 1.54) is 0 Å². The molecule has 3 nitrogen and oxygen atoms in total. The number of hydrogen-bond acceptors (Lipinski definition) is 2. The molecule has 0 saturated carbocycles. The molecule has 1 aromatic rings. The summed E-state index contributed by atoms with van der Waals surface area (Å²) in [7, 11) is 1.77. The first-order valence-electron chi connectivity index (χ1n) is 4.52. The third-order valence-corrected chi connectivity index (χ3v) is 2.55. The van der Waals surface area contributed by atoms with Gasteiger partial charge in [-0.3, -0.25) is 4.79 Å². The van der Waals surface area contributed by atoms with Crippen molar-refractivity contribution in [1.82, 2.24) is 0 Å². The molecule has 0 atom stereocenters. The molecule has 1 aromatic carbocycles. The Hall–Kier alpha value is -1.82. The van der Waals surface area contributed by atoms with E-state index in [0.29, 0.717) is 12.0 Å². The minimum Gasteiger partial charge on any atom is -0.315 e. The van der Waals surface area contributed by atoms with Gasteiger partial charge in [-0.05, 0) is 30.2 Å². The Kier molecular flexibility index (Phi) is 1.97. The molecule has 3 heteroatoms. The van der Waals surface area contributed by atoms with Crippen LogP contribution in [0.25, 0.3) is 0 Å². The maximum Gasteiger partial charge on any atom is 0.227 e. The lowest BCUT2D eigenvalue weighted by atomic mass is 10.00. The summed E-state index contributed by atoms with van der Waals surface area (Å²) in [4.78, 5) is 13.0. The fourth-order valence-electron chi connectivity index (χ4n) is 1.73. The molecule has 1 aliphatic heterocycles. The van der Waals surface area contributed by atoms with Gasteiger partial charge in [0.25, 0.3) is 0 Å². The van der Waals surface area contributed by atoms with E-state index in [-0.39, 0.29) is 5.91 Å². The molecule has 0 unspecified atom stereocenters. The lowest BCUT2D eigenvalue weighted by Crippen LogP contribution is -2.31. The summed E-state index contributed by atoms with van der Waals surface area (Å²) in [5.74, 6) is 0.141. The van der Waals surface area contributed by atoms with Crippen molar-refractivity contribution in [2.24, 2.45) is 0 Å². The van der Waals surface area contributed by atoms with E-state index in [9.17, 15) is 4.79 Å². The minimum absolute atomic E-state index is 0.141. The molecule has 0 fully saturated rings. The van der Waals surface area contributed by atoms with E-state index in [1.54, 1.807) is 18.0 Å². The fraction of sp³-hybridized carbons (Fsp3) is 0.273. The van der Waals surface area contributed by atoms with E-state index < -0.39 is 0 Å². The summed E-state index contributed by atoms with van der Waals surface area (Å²) in [5.41, 5.74) is 2.68. The molecule has 0 aliphatic carbocycles. The number of nitriles is 1. The number of amides is 1. The fourth-order valence-corrected chi connectivity index (χ4v) is 1.73. The van der Waals surface area contributed by atoms with Crippen molar-refractivity contribution in [2.75, 3.05) is 11.9 Å². The summed E-state index contributed by atoms with van der Waals surface area (Å²) in [5, 5.41) is 8.73. The average molecular weight is 186 g/mol. The molecule has 1 amide bonds. The van der Waals surface area contributed by atoms with Crippen molar-refractivity contribution in [1.29, 1.82) is 5.26 Å². The van der Waals surface area contributed by atoms with Gasteiger partial charge in [-0.15, -0.1) is 0 Å². The maximum absolute atomic E-state index is 11.4. The smallest absolute Gasteiger partial charge is 0.227 e. The van der Waals surface area contributed by atoms with E-state index in [4.69, 9.17) is 5.26 Å². The Balaban J connectivity index is 2.50. The monoisotopic (exact) mass is 186 g/mol. The Bertz CT molecular complexity index is 431. The SMILES string of the molecule is CN1C(=O)CCc2cc(C#N)ccc21. The molecular formula is C11H10N2O. The van der Waals surface area contributed by atoms with Crippen molar-refractivity contribution in [2.45, 2.75) is 12.8 Å². The highest BCUT2D eigenvalue weighted by Gasteiger charge is 2.20. The molecule has 14 heavy (non-hydrogen) atoms. The first kappa shape index (κ1) is 8.76. The normalized spacial score (nSPS) is 14.9. The van der Waals surface area contributed by atoms with Crippen molar-refractivity contribution < 1.29 is 4.79 Å². The molecule has 1 heterocycles. The predicted octanol–water partition coefficient (Wildman–Crippen LogP) is 1.47. The highest BCUT2D eigenvalue weighted by molar-refractivity contribution is 5.95. The molecule has 2 rings (SSSR count). The highest BCUT2D eigenvalue weighted by Crippen LogP contribution is 2.27. The summed E-state index contributed by atoms with van der Waals surface area (Å²) in [6.07, 6.45) is 1.28.